The molecule has 0 aliphatic carbocycles. The second kappa shape index (κ2) is 5.45. The number of rotatable bonds is 5. The summed E-state index contributed by atoms with van der Waals surface area (Å²) in [6, 6.07) is 0. The predicted molar refractivity (Wildman–Crippen MR) is 64.0 cm³/mol. The summed E-state index contributed by atoms with van der Waals surface area (Å²) in [7, 11) is 0. The van der Waals surface area contributed by atoms with Gasteiger partial charge in [0.2, 0.25) is 0 Å². The molecule has 0 aliphatic rings. The van der Waals surface area contributed by atoms with Gasteiger partial charge in [0.05, 0.1) is 10.7 Å². The highest BCUT2D eigenvalue weighted by atomic mass is 79.9. The zero-order valence-corrected chi connectivity index (χ0v) is 11.0. The minimum Gasteiger partial charge on any atom is -0.292 e. The summed E-state index contributed by atoms with van der Waals surface area (Å²) in [6.45, 7) is 6.96. The molecule has 0 aromatic carbocycles. The Bertz CT molecular complexity index is 344. The second-order valence-corrected chi connectivity index (χ2v) is 4.87. The van der Waals surface area contributed by atoms with Crippen molar-refractivity contribution in [1.29, 1.82) is 0 Å². The second-order valence-electron chi connectivity index (χ2n) is 4.01. The minimum atomic E-state index is 0.176. The van der Waals surface area contributed by atoms with Gasteiger partial charge >= 0.3 is 0 Å². The molecule has 0 unspecified atom stereocenters. The third-order valence-electron chi connectivity index (χ3n) is 2.31. The van der Waals surface area contributed by atoms with Gasteiger partial charge in [0, 0.05) is 13.0 Å². The van der Waals surface area contributed by atoms with Crippen molar-refractivity contribution < 1.29 is 4.79 Å². The molecule has 1 heterocycles. The van der Waals surface area contributed by atoms with Crippen LogP contribution in [0.1, 0.15) is 44.1 Å². The van der Waals surface area contributed by atoms with E-state index in [1.807, 2.05) is 6.92 Å². The van der Waals surface area contributed by atoms with Crippen LogP contribution in [0.25, 0.3) is 0 Å². The highest BCUT2D eigenvalue weighted by Gasteiger charge is 2.16. The predicted octanol–water partition coefficient (Wildman–Crippen LogP) is 3.28. The van der Waals surface area contributed by atoms with Crippen LogP contribution in [-0.2, 0) is 6.54 Å². The zero-order chi connectivity index (χ0) is 11.4. The van der Waals surface area contributed by atoms with E-state index in [1.165, 1.54) is 0 Å². The van der Waals surface area contributed by atoms with Crippen molar-refractivity contribution in [3.8, 4) is 0 Å². The molecule has 1 rings (SSSR count). The molecule has 0 saturated carbocycles. The van der Waals surface area contributed by atoms with Crippen molar-refractivity contribution in [1.82, 2.24) is 9.78 Å². The number of Topliss-reactive ketones (excluding diaryl/α,β-unsaturated/α-hetero) is 1. The number of aryl methyl sites for hydroxylation is 1. The molecular weight excluding hydrogens is 256 g/mol. The first kappa shape index (κ1) is 12.4. The van der Waals surface area contributed by atoms with E-state index in [0.717, 1.165) is 17.4 Å². The smallest absolute Gasteiger partial charge is 0.182 e. The van der Waals surface area contributed by atoms with Crippen molar-refractivity contribution >= 4 is 21.7 Å². The topological polar surface area (TPSA) is 34.9 Å². The molecule has 0 saturated heterocycles. The molecule has 0 N–H and O–H groups in total. The Balaban J connectivity index is 2.76. The summed E-state index contributed by atoms with van der Waals surface area (Å²) < 4.78 is 2.55. The first-order valence-electron chi connectivity index (χ1n) is 5.30. The van der Waals surface area contributed by atoms with Crippen molar-refractivity contribution in [2.75, 3.05) is 0 Å². The van der Waals surface area contributed by atoms with Crippen molar-refractivity contribution in [2.24, 2.45) is 5.92 Å². The molecule has 0 amide bonds. The Hall–Kier alpha value is -0.640. The van der Waals surface area contributed by atoms with Gasteiger partial charge in [-0.1, -0.05) is 13.8 Å². The normalized spacial score (nSPS) is 11.0. The Kier molecular flexibility index (Phi) is 4.51. The standard InChI is InChI=1S/C11H17BrN2O/c1-4-14-11(9(12)7-13-14)10(15)6-5-8(2)3/h7-8H,4-6H2,1-3H3. The minimum absolute atomic E-state index is 0.176. The molecule has 0 spiro atoms. The lowest BCUT2D eigenvalue weighted by Gasteiger charge is -2.06. The quantitative estimate of drug-likeness (QED) is 0.771. The summed E-state index contributed by atoms with van der Waals surface area (Å²) in [5.41, 5.74) is 0.707. The number of nitrogens with zero attached hydrogens (tertiary/aromatic N) is 2. The summed E-state index contributed by atoms with van der Waals surface area (Å²) in [6.07, 6.45) is 3.22. The van der Waals surface area contributed by atoms with Crippen molar-refractivity contribution in [3.05, 3.63) is 16.4 Å². The lowest BCUT2D eigenvalue weighted by Crippen LogP contribution is -2.10. The Morgan fingerprint density at radius 2 is 2.27 bits per heavy atom. The van der Waals surface area contributed by atoms with Gasteiger partial charge < -0.3 is 0 Å². The van der Waals surface area contributed by atoms with E-state index in [1.54, 1.807) is 10.9 Å². The molecule has 0 aliphatic heterocycles. The van der Waals surface area contributed by atoms with Crippen molar-refractivity contribution in [2.45, 2.75) is 40.2 Å². The molecule has 4 heteroatoms. The zero-order valence-electron chi connectivity index (χ0n) is 9.46. The van der Waals surface area contributed by atoms with Crippen LogP contribution in [0.2, 0.25) is 0 Å². The van der Waals surface area contributed by atoms with Crippen LogP contribution in [0.4, 0.5) is 0 Å². The van der Waals surface area contributed by atoms with Crippen LogP contribution in [0.3, 0.4) is 0 Å². The van der Waals surface area contributed by atoms with Crippen LogP contribution >= 0.6 is 15.9 Å². The van der Waals surface area contributed by atoms with Gasteiger partial charge in [-0.15, -0.1) is 0 Å². The number of ketones is 1. The molecule has 84 valence electrons. The molecule has 1 aromatic rings. The van der Waals surface area contributed by atoms with E-state index in [4.69, 9.17) is 0 Å². The fourth-order valence-corrected chi connectivity index (χ4v) is 1.93. The van der Waals surface area contributed by atoms with Gasteiger partial charge in [-0.3, -0.25) is 9.48 Å². The molecular formula is C11H17BrN2O. The van der Waals surface area contributed by atoms with E-state index in [2.05, 4.69) is 34.9 Å². The Morgan fingerprint density at radius 3 is 2.80 bits per heavy atom. The van der Waals surface area contributed by atoms with E-state index >= 15 is 0 Å². The maximum atomic E-state index is 11.9. The maximum Gasteiger partial charge on any atom is 0.182 e. The monoisotopic (exact) mass is 272 g/mol. The Labute approximate surface area is 99.0 Å². The number of hydrogen-bond acceptors (Lipinski definition) is 2. The molecule has 0 radical (unpaired) electrons. The highest BCUT2D eigenvalue weighted by Crippen LogP contribution is 2.19. The SMILES string of the molecule is CCn1ncc(Br)c1C(=O)CCC(C)C. The number of halogens is 1. The Morgan fingerprint density at radius 1 is 1.60 bits per heavy atom. The van der Waals surface area contributed by atoms with Gasteiger partial charge in [0.15, 0.2) is 5.78 Å². The largest absolute Gasteiger partial charge is 0.292 e. The number of aromatic nitrogens is 2. The molecule has 0 bridgehead atoms. The van der Waals surface area contributed by atoms with Gasteiger partial charge in [-0.2, -0.15) is 5.10 Å². The van der Waals surface area contributed by atoms with Gasteiger partial charge in [0.25, 0.3) is 0 Å². The van der Waals surface area contributed by atoms with Crippen LogP contribution in [0.15, 0.2) is 10.7 Å². The van der Waals surface area contributed by atoms with Crippen LogP contribution in [0, 0.1) is 5.92 Å². The number of hydrogen-bond donors (Lipinski definition) is 0. The summed E-state index contributed by atoms with van der Waals surface area (Å²) in [4.78, 5) is 11.9. The van der Waals surface area contributed by atoms with E-state index < -0.39 is 0 Å². The van der Waals surface area contributed by atoms with Gasteiger partial charge in [-0.05, 0) is 35.2 Å². The van der Waals surface area contributed by atoms with Crippen LogP contribution in [-0.4, -0.2) is 15.6 Å². The number of carbonyl (C=O) groups is 1. The van der Waals surface area contributed by atoms with Crippen molar-refractivity contribution in [3.63, 3.8) is 0 Å². The van der Waals surface area contributed by atoms with Crippen LogP contribution < -0.4 is 0 Å². The van der Waals surface area contributed by atoms with Gasteiger partial charge in [0.1, 0.15) is 5.69 Å². The first-order valence-corrected chi connectivity index (χ1v) is 6.10. The number of carbonyl (C=O) groups excluding carboxylic acids is 1. The maximum absolute atomic E-state index is 11.9. The third-order valence-corrected chi connectivity index (χ3v) is 2.89. The fraction of sp³-hybridized carbons (Fsp3) is 0.636. The van der Waals surface area contributed by atoms with E-state index in [-0.39, 0.29) is 5.78 Å². The third kappa shape index (κ3) is 3.16. The molecule has 3 nitrogen and oxygen atoms in total. The average molecular weight is 273 g/mol. The molecule has 1 aromatic heterocycles. The fourth-order valence-electron chi connectivity index (χ4n) is 1.42. The van der Waals surface area contributed by atoms with E-state index in [0.29, 0.717) is 18.0 Å². The molecule has 15 heavy (non-hydrogen) atoms. The summed E-state index contributed by atoms with van der Waals surface area (Å²) in [5.74, 6) is 0.737. The highest BCUT2D eigenvalue weighted by molar-refractivity contribution is 9.10. The average Bonchev–Trinajstić information content (AvgIpc) is 2.56. The first-order chi connectivity index (χ1) is 7.06. The molecule has 0 fully saturated rings. The molecule has 0 atom stereocenters. The lowest BCUT2D eigenvalue weighted by molar-refractivity contribution is 0.0964. The summed E-state index contributed by atoms with van der Waals surface area (Å²) in [5, 5.41) is 4.13. The van der Waals surface area contributed by atoms with Gasteiger partial charge in [-0.25, -0.2) is 0 Å². The summed E-state index contributed by atoms with van der Waals surface area (Å²) >= 11 is 3.36. The van der Waals surface area contributed by atoms with Crippen LogP contribution in [0.5, 0.6) is 0 Å². The van der Waals surface area contributed by atoms with E-state index in [9.17, 15) is 4.79 Å². The lowest BCUT2D eigenvalue weighted by atomic mass is 10.0.